The van der Waals surface area contributed by atoms with Crippen LogP contribution in [0.3, 0.4) is 0 Å². The zero-order valence-corrected chi connectivity index (χ0v) is 23.0. The highest BCUT2D eigenvalue weighted by Gasteiger charge is 2.37. The molecule has 2 aliphatic rings. The van der Waals surface area contributed by atoms with Crippen LogP contribution in [0.2, 0.25) is 0 Å². The van der Waals surface area contributed by atoms with E-state index < -0.39 is 17.1 Å². The second-order valence-corrected chi connectivity index (χ2v) is 10.7. The number of amides is 3. The van der Waals surface area contributed by atoms with Gasteiger partial charge in [0.25, 0.3) is 11.1 Å². The number of carbonyl (C=O) groups excluding carboxylic acids is 3. The van der Waals surface area contributed by atoms with Gasteiger partial charge in [-0.25, -0.2) is 0 Å². The predicted octanol–water partition coefficient (Wildman–Crippen LogP) is 6.09. The monoisotopic (exact) mass is 519 g/mol. The maximum atomic E-state index is 13.1. The van der Waals surface area contributed by atoms with Crippen LogP contribution in [0.15, 0.2) is 47.4 Å². The maximum Gasteiger partial charge on any atom is 0.294 e. The number of fused-ring (bicyclic) bond motifs is 1. The van der Waals surface area contributed by atoms with Crippen molar-refractivity contribution >= 4 is 51.8 Å². The molecule has 1 saturated heterocycles. The fourth-order valence-corrected chi connectivity index (χ4v) is 5.73. The van der Waals surface area contributed by atoms with E-state index >= 15 is 0 Å². The van der Waals surface area contributed by atoms with Gasteiger partial charge in [-0.15, -0.1) is 0 Å². The average molecular weight is 520 g/mol. The van der Waals surface area contributed by atoms with Crippen molar-refractivity contribution in [2.24, 2.45) is 0 Å². The molecule has 0 bridgehead atoms. The number of nitrogens with one attached hydrogen (secondary N) is 1. The lowest BCUT2D eigenvalue weighted by atomic mass is 9.87. The Morgan fingerprint density at radius 3 is 2.46 bits per heavy atom. The van der Waals surface area contributed by atoms with Crippen LogP contribution in [0, 0.1) is 6.92 Å². The number of nitrogens with zero attached hydrogens (tertiary/aromatic N) is 2. The third kappa shape index (κ3) is 5.44. The van der Waals surface area contributed by atoms with Crippen LogP contribution in [0.5, 0.6) is 5.75 Å². The Balaban J connectivity index is 1.52. The number of imide groups is 1. The van der Waals surface area contributed by atoms with Gasteiger partial charge in [0.15, 0.2) is 0 Å². The van der Waals surface area contributed by atoms with Crippen LogP contribution in [-0.2, 0) is 9.59 Å². The van der Waals surface area contributed by atoms with Crippen molar-refractivity contribution in [3.05, 3.63) is 64.1 Å². The van der Waals surface area contributed by atoms with Gasteiger partial charge in [-0.05, 0) is 112 Å². The Morgan fingerprint density at radius 2 is 1.81 bits per heavy atom. The summed E-state index contributed by atoms with van der Waals surface area (Å²) in [4.78, 5) is 41.9. The summed E-state index contributed by atoms with van der Waals surface area (Å²) in [6.45, 7) is 13.6. The first-order chi connectivity index (χ1) is 17.5. The lowest BCUT2D eigenvalue weighted by molar-refractivity contribution is -0.127. The van der Waals surface area contributed by atoms with Gasteiger partial charge in [-0.3, -0.25) is 19.3 Å². The van der Waals surface area contributed by atoms with Crippen molar-refractivity contribution in [3.8, 4) is 5.75 Å². The highest BCUT2D eigenvalue weighted by atomic mass is 32.2. The van der Waals surface area contributed by atoms with Gasteiger partial charge in [0.2, 0.25) is 5.91 Å². The van der Waals surface area contributed by atoms with Gasteiger partial charge in [0, 0.05) is 23.5 Å². The summed E-state index contributed by atoms with van der Waals surface area (Å²) < 4.78 is 5.40. The van der Waals surface area contributed by atoms with E-state index in [1.807, 2.05) is 13.8 Å². The van der Waals surface area contributed by atoms with Crippen molar-refractivity contribution in [1.82, 2.24) is 4.90 Å². The summed E-state index contributed by atoms with van der Waals surface area (Å²) in [5.41, 5.74) is 5.84. The SMILES string of the molecule is CCOc1ccc(NC(=O)CN2C(=O)S/C(=C/c3cc4c(cc3C)N(CC)C(C)(C)C=C4C)C2=O)cc1. The summed E-state index contributed by atoms with van der Waals surface area (Å²) in [6, 6.07) is 11.2. The Labute approximate surface area is 222 Å². The summed E-state index contributed by atoms with van der Waals surface area (Å²) in [7, 11) is 0. The molecule has 2 aliphatic heterocycles. The van der Waals surface area contributed by atoms with Crippen LogP contribution in [0.1, 0.15) is 51.3 Å². The van der Waals surface area contributed by atoms with Gasteiger partial charge in [0.1, 0.15) is 12.3 Å². The van der Waals surface area contributed by atoms with E-state index in [-0.39, 0.29) is 12.1 Å². The Hall–Kier alpha value is -3.52. The van der Waals surface area contributed by atoms with Crippen LogP contribution in [0.4, 0.5) is 16.2 Å². The highest BCUT2D eigenvalue weighted by Crippen LogP contribution is 2.41. The standard InChI is InChI=1S/C29H33N3O4S/c1-7-32-24-13-18(3)20(14-23(24)19(4)16-29(32,5)6)15-25-27(34)31(28(35)37-25)17-26(33)30-21-9-11-22(12-10-21)36-8-2/h9-16H,7-8,17H2,1-6H3,(H,30,33)/b25-15+. The first-order valence-electron chi connectivity index (χ1n) is 12.4. The van der Waals surface area contributed by atoms with Crippen LogP contribution < -0.4 is 15.0 Å². The number of benzene rings is 2. The molecule has 0 unspecified atom stereocenters. The molecule has 1 N–H and O–H groups in total. The van der Waals surface area contributed by atoms with Crippen molar-refractivity contribution < 1.29 is 19.1 Å². The second-order valence-electron chi connectivity index (χ2n) is 9.72. The first-order valence-corrected chi connectivity index (χ1v) is 13.3. The van der Waals surface area contributed by atoms with E-state index in [0.717, 1.165) is 39.9 Å². The molecular formula is C29H33N3O4S. The van der Waals surface area contributed by atoms with Gasteiger partial charge < -0.3 is 15.0 Å². The van der Waals surface area contributed by atoms with E-state index in [1.54, 1.807) is 30.3 Å². The Morgan fingerprint density at radius 1 is 1.11 bits per heavy atom. The molecule has 7 nitrogen and oxygen atoms in total. The average Bonchev–Trinajstić information content (AvgIpc) is 3.08. The third-order valence-electron chi connectivity index (χ3n) is 6.59. The quantitative estimate of drug-likeness (QED) is 0.446. The fraction of sp³-hybridized carbons (Fsp3) is 0.345. The molecule has 8 heteroatoms. The van der Waals surface area contributed by atoms with Gasteiger partial charge in [-0.2, -0.15) is 0 Å². The molecule has 3 amide bonds. The first kappa shape index (κ1) is 26.5. The molecule has 37 heavy (non-hydrogen) atoms. The molecule has 0 aliphatic carbocycles. The largest absolute Gasteiger partial charge is 0.494 e. The number of anilines is 2. The van der Waals surface area contributed by atoms with Crippen LogP contribution in [0.25, 0.3) is 11.6 Å². The summed E-state index contributed by atoms with van der Waals surface area (Å²) in [5.74, 6) is -0.205. The molecule has 194 valence electrons. The number of aryl methyl sites for hydroxylation is 1. The normalized spacial score (nSPS) is 17.7. The highest BCUT2D eigenvalue weighted by molar-refractivity contribution is 8.18. The molecule has 0 spiro atoms. The van der Waals surface area contributed by atoms with E-state index in [4.69, 9.17) is 4.74 Å². The maximum absolute atomic E-state index is 13.1. The molecule has 2 aromatic carbocycles. The number of ether oxygens (including phenoxy) is 1. The smallest absolute Gasteiger partial charge is 0.294 e. The molecule has 0 atom stereocenters. The van der Waals surface area contributed by atoms with Gasteiger partial charge in [-0.1, -0.05) is 6.08 Å². The molecule has 4 rings (SSSR count). The number of rotatable bonds is 7. The number of likely N-dealkylation sites (N-methyl/N-ethyl adjacent to an activating group) is 1. The van der Waals surface area contributed by atoms with E-state index in [9.17, 15) is 14.4 Å². The van der Waals surface area contributed by atoms with Crippen molar-refractivity contribution in [2.75, 3.05) is 29.9 Å². The number of allylic oxidation sites excluding steroid dienone is 1. The minimum absolute atomic E-state index is 0.0889. The van der Waals surface area contributed by atoms with Crippen molar-refractivity contribution in [2.45, 2.75) is 47.1 Å². The van der Waals surface area contributed by atoms with E-state index in [0.29, 0.717) is 22.9 Å². The van der Waals surface area contributed by atoms with Crippen LogP contribution in [-0.4, -0.2) is 47.2 Å². The number of hydrogen-bond acceptors (Lipinski definition) is 6. The van der Waals surface area contributed by atoms with Gasteiger partial charge in [0.05, 0.1) is 17.1 Å². The zero-order chi connectivity index (χ0) is 26.9. The molecule has 1 fully saturated rings. The van der Waals surface area contributed by atoms with Crippen molar-refractivity contribution in [1.29, 1.82) is 0 Å². The number of thioether (sulfide) groups is 1. The molecule has 0 radical (unpaired) electrons. The second kappa shape index (κ2) is 10.5. The minimum atomic E-state index is -0.461. The predicted molar refractivity (Wildman–Crippen MR) is 151 cm³/mol. The molecule has 2 aromatic rings. The summed E-state index contributed by atoms with van der Waals surface area (Å²) in [5, 5.41) is 2.27. The Bertz CT molecular complexity index is 1310. The van der Waals surface area contributed by atoms with E-state index in [2.05, 4.69) is 56.1 Å². The number of carbonyl (C=O) groups is 3. The molecule has 0 saturated carbocycles. The topological polar surface area (TPSA) is 79.0 Å². The number of hydrogen-bond donors (Lipinski definition) is 1. The molecular weight excluding hydrogens is 486 g/mol. The molecule has 2 heterocycles. The lowest BCUT2D eigenvalue weighted by Crippen LogP contribution is -2.44. The van der Waals surface area contributed by atoms with E-state index in [1.165, 1.54) is 11.3 Å². The Kier molecular flexibility index (Phi) is 7.50. The molecule has 0 aromatic heterocycles. The fourth-order valence-electron chi connectivity index (χ4n) is 4.90. The lowest BCUT2D eigenvalue weighted by Gasteiger charge is -2.43. The summed E-state index contributed by atoms with van der Waals surface area (Å²) in [6.07, 6.45) is 4.02. The van der Waals surface area contributed by atoms with Crippen molar-refractivity contribution in [3.63, 3.8) is 0 Å². The van der Waals surface area contributed by atoms with Crippen LogP contribution >= 0.6 is 11.8 Å². The minimum Gasteiger partial charge on any atom is -0.494 e. The third-order valence-corrected chi connectivity index (χ3v) is 7.50. The van der Waals surface area contributed by atoms with Gasteiger partial charge >= 0.3 is 0 Å². The zero-order valence-electron chi connectivity index (χ0n) is 22.2. The summed E-state index contributed by atoms with van der Waals surface area (Å²) >= 11 is 0.861.